The number of nitrogens with zero attached hydrogens (tertiary/aromatic N) is 6. The van der Waals surface area contributed by atoms with E-state index in [1.807, 2.05) is 24.0 Å². The van der Waals surface area contributed by atoms with Crippen LogP contribution >= 0.6 is 0 Å². The van der Waals surface area contributed by atoms with Crippen LogP contribution in [-0.2, 0) is 4.79 Å². The van der Waals surface area contributed by atoms with Crippen LogP contribution < -0.4 is 5.32 Å². The van der Waals surface area contributed by atoms with Gasteiger partial charge in [0.25, 0.3) is 5.91 Å². The summed E-state index contributed by atoms with van der Waals surface area (Å²) in [6.45, 7) is 5.16. The molecule has 0 spiro atoms. The van der Waals surface area contributed by atoms with Gasteiger partial charge in [-0.3, -0.25) is 9.78 Å². The molecule has 2 aliphatic rings. The van der Waals surface area contributed by atoms with Crippen LogP contribution in [0.2, 0.25) is 0 Å². The monoisotopic (exact) mass is 339 g/mol. The number of hydrogen-bond donors (Lipinski definition) is 1. The SMILES string of the molecule is CC1=C(C(=O)N2CCN(C)CC2)[C@H](c2cccnc2)n2ncnc2N1. The number of anilines is 1. The minimum Gasteiger partial charge on any atom is -0.336 e. The van der Waals surface area contributed by atoms with Gasteiger partial charge in [0.2, 0.25) is 5.95 Å². The molecule has 2 aromatic heterocycles. The molecule has 25 heavy (non-hydrogen) atoms. The van der Waals surface area contributed by atoms with Gasteiger partial charge in [0.1, 0.15) is 12.4 Å². The molecule has 1 fully saturated rings. The number of carbonyl (C=O) groups is 1. The Morgan fingerprint density at radius 2 is 2.08 bits per heavy atom. The number of fused-ring (bicyclic) bond motifs is 1. The average molecular weight is 339 g/mol. The van der Waals surface area contributed by atoms with Gasteiger partial charge in [0.15, 0.2) is 0 Å². The first kappa shape index (κ1) is 15.8. The third-order valence-electron chi connectivity index (χ3n) is 4.82. The molecule has 1 atom stereocenters. The van der Waals surface area contributed by atoms with Crippen LogP contribution in [0.15, 0.2) is 42.1 Å². The van der Waals surface area contributed by atoms with E-state index in [2.05, 4.69) is 32.3 Å². The molecule has 2 aliphatic heterocycles. The fourth-order valence-electron chi connectivity index (χ4n) is 3.39. The third kappa shape index (κ3) is 2.78. The molecule has 1 saturated heterocycles. The second kappa shape index (κ2) is 6.29. The topological polar surface area (TPSA) is 79.2 Å². The van der Waals surface area contributed by atoms with Gasteiger partial charge in [-0.1, -0.05) is 6.07 Å². The number of aromatic nitrogens is 4. The molecule has 2 aromatic rings. The summed E-state index contributed by atoms with van der Waals surface area (Å²) in [5.74, 6) is 0.689. The number of likely N-dealkylation sites (N-methyl/N-ethyl adjacent to an activating group) is 1. The van der Waals surface area contributed by atoms with Crippen molar-refractivity contribution in [2.45, 2.75) is 13.0 Å². The van der Waals surface area contributed by atoms with Crippen molar-refractivity contribution >= 4 is 11.9 Å². The number of carbonyl (C=O) groups excluding carboxylic acids is 1. The van der Waals surface area contributed by atoms with Crippen molar-refractivity contribution in [1.29, 1.82) is 0 Å². The Bertz CT molecular complexity index is 805. The molecular weight excluding hydrogens is 318 g/mol. The number of hydrogen-bond acceptors (Lipinski definition) is 6. The second-order valence-electron chi connectivity index (χ2n) is 6.48. The highest BCUT2D eigenvalue weighted by atomic mass is 16.2. The molecule has 0 bridgehead atoms. The van der Waals surface area contributed by atoms with Crippen LogP contribution in [0.3, 0.4) is 0 Å². The van der Waals surface area contributed by atoms with Crippen LogP contribution in [0.1, 0.15) is 18.5 Å². The van der Waals surface area contributed by atoms with Crippen LogP contribution in [0.4, 0.5) is 5.95 Å². The maximum Gasteiger partial charge on any atom is 0.254 e. The fourth-order valence-corrected chi connectivity index (χ4v) is 3.39. The highest BCUT2D eigenvalue weighted by molar-refractivity contribution is 5.96. The Kier molecular flexibility index (Phi) is 3.96. The smallest absolute Gasteiger partial charge is 0.254 e. The summed E-state index contributed by atoms with van der Waals surface area (Å²) in [7, 11) is 2.08. The molecule has 0 unspecified atom stereocenters. The normalized spacial score (nSPS) is 21.0. The standard InChI is InChI=1S/C17H21N7O/c1-12-14(16(25)23-8-6-22(2)7-9-23)15(13-4-3-5-18-10-13)24-17(21-12)19-11-20-24/h3-5,10-11,15H,6-9H2,1-2H3,(H,19,20,21)/t15-/m0/s1. The van der Waals surface area contributed by atoms with E-state index in [4.69, 9.17) is 0 Å². The molecule has 0 radical (unpaired) electrons. The first-order valence-electron chi connectivity index (χ1n) is 8.40. The maximum absolute atomic E-state index is 13.3. The van der Waals surface area contributed by atoms with Crippen LogP contribution in [-0.4, -0.2) is 68.7 Å². The molecule has 1 N–H and O–H groups in total. The Morgan fingerprint density at radius 3 is 2.80 bits per heavy atom. The van der Waals surface area contributed by atoms with Crippen LogP contribution in [0.5, 0.6) is 0 Å². The van der Waals surface area contributed by atoms with Crippen molar-refractivity contribution in [2.75, 3.05) is 38.5 Å². The molecule has 8 nitrogen and oxygen atoms in total. The molecular formula is C17H21N7O. The molecule has 4 rings (SSSR count). The largest absolute Gasteiger partial charge is 0.336 e. The molecule has 4 heterocycles. The fraction of sp³-hybridized carbons (Fsp3) is 0.412. The zero-order valence-electron chi connectivity index (χ0n) is 14.4. The Morgan fingerprint density at radius 1 is 1.28 bits per heavy atom. The van der Waals surface area contributed by atoms with Gasteiger partial charge in [-0.25, -0.2) is 4.68 Å². The van der Waals surface area contributed by atoms with Crippen molar-refractivity contribution < 1.29 is 4.79 Å². The maximum atomic E-state index is 13.3. The molecule has 0 aromatic carbocycles. The lowest BCUT2D eigenvalue weighted by Gasteiger charge is -2.36. The molecule has 130 valence electrons. The highest BCUT2D eigenvalue weighted by Gasteiger charge is 2.36. The van der Waals surface area contributed by atoms with Crippen molar-refractivity contribution in [1.82, 2.24) is 29.5 Å². The molecule has 8 heteroatoms. The van der Waals surface area contributed by atoms with Crippen molar-refractivity contribution in [3.05, 3.63) is 47.7 Å². The summed E-state index contributed by atoms with van der Waals surface area (Å²) < 4.78 is 1.76. The first-order chi connectivity index (χ1) is 12.1. The predicted octanol–water partition coefficient (Wildman–Crippen LogP) is 0.736. The highest BCUT2D eigenvalue weighted by Crippen LogP contribution is 2.35. The zero-order valence-corrected chi connectivity index (χ0v) is 14.4. The van der Waals surface area contributed by atoms with E-state index in [0.29, 0.717) is 11.5 Å². The minimum absolute atomic E-state index is 0.0492. The van der Waals surface area contributed by atoms with Gasteiger partial charge in [0.05, 0.1) is 5.57 Å². The number of pyridine rings is 1. The van der Waals surface area contributed by atoms with Gasteiger partial charge < -0.3 is 15.1 Å². The van der Waals surface area contributed by atoms with Gasteiger partial charge in [0, 0.05) is 44.3 Å². The molecule has 0 aliphatic carbocycles. The lowest BCUT2D eigenvalue weighted by atomic mass is 9.95. The summed E-state index contributed by atoms with van der Waals surface area (Å²) in [4.78, 5) is 25.9. The number of allylic oxidation sites excluding steroid dienone is 1. The summed E-state index contributed by atoms with van der Waals surface area (Å²) in [5.41, 5.74) is 2.45. The number of rotatable bonds is 2. The van der Waals surface area contributed by atoms with E-state index in [1.165, 1.54) is 6.33 Å². The molecule has 0 saturated carbocycles. The van der Waals surface area contributed by atoms with Crippen molar-refractivity contribution in [3.8, 4) is 0 Å². The average Bonchev–Trinajstić information content (AvgIpc) is 3.09. The molecule has 1 amide bonds. The van der Waals surface area contributed by atoms with Gasteiger partial charge in [-0.15, -0.1) is 0 Å². The summed E-state index contributed by atoms with van der Waals surface area (Å²) >= 11 is 0. The minimum atomic E-state index is -0.320. The summed E-state index contributed by atoms with van der Waals surface area (Å²) in [5, 5.41) is 7.55. The van der Waals surface area contributed by atoms with Crippen molar-refractivity contribution in [2.24, 2.45) is 0 Å². The number of amides is 1. The number of nitrogens with one attached hydrogen (secondary N) is 1. The van der Waals surface area contributed by atoms with Crippen LogP contribution in [0, 0.1) is 0 Å². The van der Waals surface area contributed by atoms with Crippen LogP contribution in [0.25, 0.3) is 0 Å². The van der Waals surface area contributed by atoms with Gasteiger partial charge >= 0.3 is 0 Å². The van der Waals surface area contributed by atoms with E-state index in [-0.39, 0.29) is 11.9 Å². The van der Waals surface area contributed by atoms with E-state index >= 15 is 0 Å². The lowest BCUT2D eigenvalue weighted by Crippen LogP contribution is -2.49. The Balaban J connectivity index is 1.74. The van der Waals surface area contributed by atoms with E-state index < -0.39 is 0 Å². The van der Waals surface area contributed by atoms with Gasteiger partial charge in [-0.05, 0) is 25.6 Å². The predicted molar refractivity (Wildman–Crippen MR) is 92.8 cm³/mol. The van der Waals surface area contributed by atoms with E-state index in [9.17, 15) is 4.79 Å². The second-order valence-corrected chi connectivity index (χ2v) is 6.48. The summed E-state index contributed by atoms with van der Waals surface area (Å²) in [6, 6.07) is 3.53. The Hall–Kier alpha value is -2.74. The quantitative estimate of drug-likeness (QED) is 0.869. The summed E-state index contributed by atoms with van der Waals surface area (Å²) in [6.07, 6.45) is 5.01. The van der Waals surface area contributed by atoms with E-state index in [1.54, 1.807) is 17.1 Å². The van der Waals surface area contributed by atoms with Gasteiger partial charge in [-0.2, -0.15) is 10.1 Å². The van der Waals surface area contributed by atoms with Crippen molar-refractivity contribution in [3.63, 3.8) is 0 Å². The number of piperazine rings is 1. The lowest BCUT2D eigenvalue weighted by molar-refractivity contribution is -0.129. The third-order valence-corrected chi connectivity index (χ3v) is 4.82. The first-order valence-corrected chi connectivity index (χ1v) is 8.40. The Labute approximate surface area is 146 Å². The zero-order chi connectivity index (χ0) is 17.4. The van der Waals surface area contributed by atoms with E-state index in [0.717, 1.165) is 37.4 Å².